The van der Waals surface area contributed by atoms with Crippen LogP contribution in [0.4, 0.5) is 4.39 Å². The van der Waals surface area contributed by atoms with E-state index in [4.69, 9.17) is 5.26 Å². The van der Waals surface area contributed by atoms with Gasteiger partial charge in [0.2, 0.25) is 0 Å². The summed E-state index contributed by atoms with van der Waals surface area (Å²) in [4.78, 5) is 2.02. The molecule has 0 saturated carbocycles. The molecule has 2 N–H and O–H groups in total. The van der Waals surface area contributed by atoms with Crippen LogP contribution in [-0.4, -0.2) is 12.9 Å². The van der Waals surface area contributed by atoms with Gasteiger partial charge in [0.05, 0.1) is 10.5 Å². The monoisotopic (exact) mass is 286 g/mol. The Morgan fingerprint density at radius 3 is 2.89 bits per heavy atom. The highest BCUT2D eigenvalue weighted by molar-refractivity contribution is 8.00. The Labute approximate surface area is 107 Å². The van der Waals surface area contributed by atoms with Gasteiger partial charge in [-0.15, -0.1) is 4.83 Å². The van der Waals surface area contributed by atoms with Crippen LogP contribution in [0.2, 0.25) is 0 Å². The molecule has 2 rings (SSSR count). The summed E-state index contributed by atoms with van der Waals surface area (Å²) < 4.78 is 38.0. The highest BCUT2D eigenvalue weighted by Crippen LogP contribution is 2.17. The van der Waals surface area contributed by atoms with Crippen molar-refractivity contribution < 1.29 is 12.8 Å². The van der Waals surface area contributed by atoms with Gasteiger partial charge in [0, 0.05) is 11.6 Å². The van der Waals surface area contributed by atoms with E-state index < -0.39 is 15.8 Å². The first-order valence-corrected chi connectivity index (χ1v) is 6.95. The van der Waals surface area contributed by atoms with E-state index in [0.29, 0.717) is 0 Å². The summed E-state index contributed by atoms with van der Waals surface area (Å²) in [6.45, 7) is 0. The minimum absolute atomic E-state index is 0.185. The molecular weight excluding hydrogens is 279 g/mol. The van der Waals surface area contributed by atoms with Crippen molar-refractivity contribution in [2.24, 2.45) is 0 Å². The molecule has 6 nitrogen and oxygen atoms in total. The van der Waals surface area contributed by atoms with Crippen LogP contribution in [0, 0.1) is 17.1 Å². The second kappa shape index (κ2) is 4.95. The van der Waals surface area contributed by atoms with Gasteiger partial charge in [0.1, 0.15) is 11.9 Å². The first kappa shape index (κ1) is 12.8. The standard InChI is InChI=1S/C9H7FN4O2S2/c10-9-2-1-8(5-7(9)6-11)18(15,16)13-14-12-3-4-17-14/h1-5,12-13H. The molecule has 1 aromatic carbocycles. The number of hydrogen-bond donors (Lipinski definition) is 2. The molecule has 0 aliphatic carbocycles. The Bertz CT molecular complexity index is 630. The number of nitrogens with zero attached hydrogens (tertiary/aromatic N) is 2. The number of hydrazine groups is 2. The second-order valence-electron chi connectivity index (χ2n) is 3.18. The lowest BCUT2D eigenvalue weighted by molar-refractivity contribution is 0.377. The van der Waals surface area contributed by atoms with Crippen LogP contribution in [0.15, 0.2) is 34.7 Å². The summed E-state index contributed by atoms with van der Waals surface area (Å²) >= 11 is 1.09. The van der Waals surface area contributed by atoms with E-state index in [2.05, 4.69) is 10.3 Å². The van der Waals surface area contributed by atoms with Gasteiger partial charge >= 0.3 is 0 Å². The van der Waals surface area contributed by atoms with E-state index in [0.717, 1.165) is 34.7 Å². The van der Waals surface area contributed by atoms with E-state index in [-0.39, 0.29) is 10.5 Å². The van der Waals surface area contributed by atoms with Crippen LogP contribution in [0.1, 0.15) is 5.56 Å². The van der Waals surface area contributed by atoms with Crippen LogP contribution in [0.25, 0.3) is 0 Å². The number of nitriles is 1. The minimum atomic E-state index is -3.86. The third kappa shape index (κ3) is 2.62. The maximum atomic E-state index is 13.1. The van der Waals surface area contributed by atoms with E-state index in [1.54, 1.807) is 17.7 Å². The molecule has 0 fully saturated rings. The van der Waals surface area contributed by atoms with Gasteiger partial charge < -0.3 is 5.43 Å². The Balaban J connectivity index is 2.27. The van der Waals surface area contributed by atoms with Gasteiger partial charge in [-0.1, -0.05) is 4.52 Å². The van der Waals surface area contributed by atoms with Crippen molar-refractivity contribution in [2.45, 2.75) is 4.90 Å². The molecule has 0 unspecified atom stereocenters. The summed E-state index contributed by atoms with van der Waals surface area (Å²) in [6, 6.07) is 4.60. The second-order valence-corrected chi connectivity index (χ2v) is 5.69. The fourth-order valence-corrected chi connectivity index (χ4v) is 2.92. The Hall–Kier alpha value is -1.60. The van der Waals surface area contributed by atoms with Gasteiger partial charge in [-0.25, -0.2) is 12.8 Å². The molecule has 0 atom stereocenters. The predicted molar refractivity (Wildman–Crippen MR) is 63.1 cm³/mol. The molecule has 1 heterocycles. The van der Waals surface area contributed by atoms with Gasteiger partial charge in [0.25, 0.3) is 10.0 Å². The quantitative estimate of drug-likeness (QED) is 0.801. The third-order valence-corrected chi connectivity index (χ3v) is 4.08. The summed E-state index contributed by atoms with van der Waals surface area (Å²) in [5.41, 5.74) is 2.29. The number of hydrogen-bond acceptors (Lipinski definition) is 6. The van der Waals surface area contributed by atoms with Crippen molar-refractivity contribution in [3.63, 3.8) is 0 Å². The number of benzene rings is 1. The average Bonchev–Trinajstić information content (AvgIpc) is 2.81. The molecule has 1 aromatic rings. The molecule has 0 amide bonds. The summed E-state index contributed by atoms with van der Waals surface area (Å²) in [5, 5.41) is 10.3. The topological polar surface area (TPSA) is 85.2 Å². The minimum Gasteiger partial charge on any atom is -0.301 e. The molecular formula is C9H7FN4O2S2. The molecule has 1 aliphatic heterocycles. The third-order valence-electron chi connectivity index (χ3n) is 2.00. The van der Waals surface area contributed by atoms with Gasteiger partial charge in [-0.2, -0.15) is 5.26 Å². The fraction of sp³-hybridized carbons (Fsp3) is 0. The fourth-order valence-electron chi connectivity index (χ4n) is 1.19. The van der Waals surface area contributed by atoms with Crippen molar-refractivity contribution >= 4 is 22.0 Å². The van der Waals surface area contributed by atoms with E-state index in [1.807, 2.05) is 0 Å². The smallest absolute Gasteiger partial charge is 0.255 e. The zero-order valence-corrected chi connectivity index (χ0v) is 10.4. The molecule has 0 radical (unpaired) electrons. The molecule has 1 aliphatic rings. The number of halogens is 1. The lowest BCUT2D eigenvalue weighted by atomic mass is 10.2. The predicted octanol–water partition coefficient (Wildman–Crippen LogP) is 0.830. The zero-order valence-electron chi connectivity index (χ0n) is 8.79. The maximum Gasteiger partial charge on any atom is 0.255 e. The zero-order chi connectivity index (χ0) is 13.2. The van der Waals surface area contributed by atoms with Crippen molar-refractivity contribution in [2.75, 3.05) is 0 Å². The summed E-state index contributed by atoms with van der Waals surface area (Å²) in [7, 11) is -3.86. The van der Waals surface area contributed by atoms with Gasteiger partial charge in [-0.3, -0.25) is 0 Å². The highest BCUT2D eigenvalue weighted by atomic mass is 32.2. The Morgan fingerprint density at radius 2 is 2.28 bits per heavy atom. The molecule has 0 aromatic heterocycles. The number of sulfonamides is 1. The van der Waals surface area contributed by atoms with Crippen LogP contribution < -0.4 is 10.3 Å². The van der Waals surface area contributed by atoms with Crippen molar-refractivity contribution in [1.82, 2.24) is 14.8 Å². The van der Waals surface area contributed by atoms with Crippen LogP contribution in [0.3, 0.4) is 0 Å². The van der Waals surface area contributed by atoms with Gasteiger partial charge in [0.15, 0.2) is 0 Å². The van der Waals surface area contributed by atoms with Crippen LogP contribution >= 0.6 is 11.9 Å². The molecule has 94 valence electrons. The summed E-state index contributed by atoms with van der Waals surface area (Å²) in [5.74, 6) is -0.758. The largest absolute Gasteiger partial charge is 0.301 e. The first-order chi connectivity index (χ1) is 8.53. The lowest BCUT2D eigenvalue weighted by Gasteiger charge is -2.15. The molecule has 18 heavy (non-hydrogen) atoms. The first-order valence-electron chi connectivity index (χ1n) is 4.63. The lowest BCUT2D eigenvalue weighted by Crippen LogP contribution is -2.41. The Morgan fingerprint density at radius 1 is 1.50 bits per heavy atom. The Kier molecular flexibility index (Phi) is 3.53. The van der Waals surface area contributed by atoms with Gasteiger partial charge in [-0.05, 0) is 30.1 Å². The van der Waals surface area contributed by atoms with E-state index in [1.165, 1.54) is 0 Å². The number of rotatable bonds is 3. The average molecular weight is 286 g/mol. The molecule has 0 saturated heterocycles. The van der Waals surface area contributed by atoms with E-state index in [9.17, 15) is 12.8 Å². The maximum absolute atomic E-state index is 13.1. The highest BCUT2D eigenvalue weighted by Gasteiger charge is 2.20. The summed E-state index contributed by atoms with van der Waals surface area (Å²) in [6.07, 6.45) is 1.54. The van der Waals surface area contributed by atoms with Crippen molar-refractivity contribution in [3.8, 4) is 6.07 Å². The van der Waals surface area contributed by atoms with Crippen LogP contribution in [-0.2, 0) is 10.0 Å². The number of nitrogens with one attached hydrogen (secondary N) is 2. The van der Waals surface area contributed by atoms with Crippen molar-refractivity contribution in [1.29, 1.82) is 5.26 Å². The molecule has 9 heteroatoms. The normalized spacial score (nSPS) is 15.3. The van der Waals surface area contributed by atoms with Crippen molar-refractivity contribution in [3.05, 3.63) is 41.2 Å². The van der Waals surface area contributed by atoms with Crippen LogP contribution in [0.5, 0.6) is 0 Å². The molecule has 0 bridgehead atoms. The SMILES string of the molecule is N#Cc1cc(S(=O)(=O)NN2NC=CS2)ccc1F. The van der Waals surface area contributed by atoms with E-state index >= 15 is 0 Å². The molecule has 0 spiro atoms.